The van der Waals surface area contributed by atoms with Crippen LogP contribution in [0.25, 0.3) is 0 Å². The summed E-state index contributed by atoms with van der Waals surface area (Å²) in [5, 5.41) is 18.2. The van der Waals surface area contributed by atoms with E-state index in [0.717, 1.165) is 32.1 Å². The van der Waals surface area contributed by atoms with E-state index < -0.39 is 51.8 Å². The summed E-state index contributed by atoms with van der Waals surface area (Å²) in [6, 6.07) is 0. The molecule has 10 nitrogen and oxygen atoms in total. The molecule has 0 aliphatic rings. The summed E-state index contributed by atoms with van der Waals surface area (Å²) >= 11 is 0. The number of phosphoric acid groups is 1. The van der Waals surface area contributed by atoms with Gasteiger partial charge in [-0.2, -0.15) is 0 Å². The van der Waals surface area contributed by atoms with Gasteiger partial charge in [-0.15, -0.1) is 0 Å². The number of carbonyl (C=O) groups is 2. The van der Waals surface area contributed by atoms with Gasteiger partial charge >= 0.3 is 19.8 Å². The van der Waals surface area contributed by atoms with Crippen molar-refractivity contribution in [3.63, 3.8) is 0 Å². The molecule has 0 spiro atoms. The van der Waals surface area contributed by atoms with Crippen LogP contribution in [0.2, 0.25) is 0 Å². The quantitative estimate of drug-likeness (QED) is 0.0248. The van der Waals surface area contributed by atoms with E-state index in [1.807, 2.05) is 6.08 Å². The van der Waals surface area contributed by atoms with Crippen molar-refractivity contribution >= 4 is 19.8 Å². The van der Waals surface area contributed by atoms with Gasteiger partial charge < -0.3 is 24.6 Å². The number of hydrogen-bond acceptors (Lipinski definition) is 9. The van der Waals surface area contributed by atoms with Crippen LogP contribution in [0.3, 0.4) is 0 Å². The Morgan fingerprint density at radius 1 is 0.612 bits per heavy atom. The molecule has 0 saturated carbocycles. The lowest BCUT2D eigenvalue weighted by molar-refractivity contribution is -0.161. The fraction of sp³-hybridized carbons (Fsp3) is 0.842. The third-order valence-corrected chi connectivity index (χ3v) is 9.06. The first-order chi connectivity index (χ1) is 23.7. The number of aliphatic hydroxyl groups is 2. The summed E-state index contributed by atoms with van der Waals surface area (Å²) in [4.78, 5) is 34.7. The molecule has 0 bridgehead atoms. The molecule has 0 aliphatic heterocycles. The predicted molar refractivity (Wildman–Crippen MR) is 196 cm³/mol. The normalized spacial score (nSPS) is 14.3. The van der Waals surface area contributed by atoms with E-state index in [1.165, 1.54) is 89.9 Å². The van der Waals surface area contributed by atoms with Crippen molar-refractivity contribution < 1.29 is 47.8 Å². The van der Waals surface area contributed by atoms with Crippen LogP contribution in [-0.2, 0) is 32.7 Å². The van der Waals surface area contributed by atoms with Crippen LogP contribution in [0.4, 0.5) is 0 Å². The predicted octanol–water partition coefficient (Wildman–Crippen LogP) is 9.44. The standard InChI is InChI=1S/C38H71O10P/c1-3-5-7-9-11-13-14-15-16-17-18-19-20-22-24-26-28-30-38(42)48-36(34-47-49(43,44)46-32-35(40)31-39)33-45-37(41)29-27-25-23-21-12-10-8-6-4-2/h18-19,22,24,35-36,39-40H,3-17,20-21,23,25-34H2,1-2H3,(H,43,44)/b19-18+,24-22+/t35-,36+/m0/s1. The molecule has 0 aromatic heterocycles. The van der Waals surface area contributed by atoms with Gasteiger partial charge in [-0.25, -0.2) is 4.57 Å². The highest BCUT2D eigenvalue weighted by Crippen LogP contribution is 2.43. The zero-order valence-electron chi connectivity index (χ0n) is 30.9. The van der Waals surface area contributed by atoms with Crippen molar-refractivity contribution in [2.75, 3.05) is 26.4 Å². The topological polar surface area (TPSA) is 149 Å². The smallest absolute Gasteiger partial charge is 0.462 e. The number of aliphatic hydroxyl groups excluding tert-OH is 2. The molecule has 0 saturated heterocycles. The molecule has 0 aromatic rings. The molecule has 0 amide bonds. The Morgan fingerprint density at radius 3 is 1.63 bits per heavy atom. The number of rotatable bonds is 36. The van der Waals surface area contributed by atoms with Gasteiger partial charge in [0.25, 0.3) is 0 Å². The Balaban J connectivity index is 4.40. The zero-order chi connectivity index (χ0) is 36.3. The minimum absolute atomic E-state index is 0.123. The first-order valence-electron chi connectivity index (χ1n) is 19.3. The number of unbranched alkanes of at least 4 members (excludes halogenated alkanes) is 18. The first kappa shape index (κ1) is 47.4. The van der Waals surface area contributed by atoms with E-state index in [2.05, 4.69) is 36.6 Å². The van der Waals surface area contributed by atoms with Crippen molar-refractivity contribution in [3.8, 4) is 0 Å². The second-order valence-corrected chi connectivity index (χ2v) is 14.4. The molecule has 11 heteroatoms. The summed E-state index contributed by atoms with van der Waals surface area (Å²) in [5.41, 5.74) is 0. The summed E-state index contributed by atoms with van der Waals surface area (Å²) in [6.45, 7) is 2.30. The molecule has 0 radical (unpaired) electrons. The van der Waals surface area contributed by atoms with Crippen molar-refractivity contribution in [3.05, 3.63) is 24.3 Å². The first-order valence-corrected chi connectivity index (χ1v) is 20.8. The molecule has 1 unspecified atom stereocenters. The van der Waals surface area contributed by atoms with Crippen LogP contribution in [0.1, 0.15) is 168 Å². The lowest BCUT2D eigenvalue weighted by atomic mass is 10.1. The maximum atomic E-state index is 12.5. The highest BCUT2D eigenvalue weighted by Gasteiger charge is 2.27. The van der Waals surface area contributed by atoms with Gasteiger partial charge in [0.05, 0.1) is 19.8 Å². The van der Waals surface area contributed by atoms with E-state index in [-0.39, 0.29) is 19.4 Å². The molecule has 0 aliphatic carbocycles. The number of esters is 2. The van der Waals surface area contributed by atoms with Gasteiger partial charge in [-0.3, -0.25) is 18.6 Å². The minimum Gasteiger partial charge on any atom is -0.462 e. The lowest BCUT2D eigenvalue weighted by Gasteiger charge is -2.20. The van der Waals surface area contributed by atoms with E-state index in [9.17, 15) is 24.2 Å². The van der Waals surface area contributed by atoms with Crippen molar-refractivity contribution in [2.45, 2.75) is 180 Å². The monoisotopic (exact) mass is 718 g/mol. The fourth-order valence-corrected chi connectivity index (χ4v) is 5.88. The molecule has 0 fully saturated rings. The van der Waals surface area contributed by atoms with Crippen LogP contribution in [0, 0.1) is 0 Å². The van der Waals surface area contributed by atoms with E-state index in [1.54, 1.807) is 0 Å². The Kier molecular flexibility index (Phi) is 33.8. The van der Waals surface area contributed by atoms with E-state index >= 15 is 0 Å². The number of allylic oxidation sites excluding steroid dienone is 4. The fourth-order valence-electron chi connectivity index (χ4n) is 5.09. The van der Waals surface area contributed by atoms with Gasteiger partial charge in [0, 0.05) is 12.8 Å². The second kappa shape index (κ2) is 34.9. The minimum atomic E-state index is -4.62. The second-order valence-electron chi connectivity index (χ2n) is 13.0. The third kappa shape index (κ3) is 34.7. The molecule has 0 aromatic carbocycles. The number of ether oxygens (including phenoxy) is 2. The largest absolute Gasteiger partial charge is 0.472 e. The average Bonchev–Trinajstić information content (AvgIpc) is 3.09. The van der Waals surface area contributed by atoms with Crippen molar-refractivity contribution in [1.29, 1.82) is 0 Å². The van der Waals surface area contributed by atoms with Crippen molar-refractivity contribution in [1.82, 2.24) is 0 Å². The molecule has 3 atom stereocenters. The molecule has 0 rings (SSSR count). The van der Waals surface area contributed by atoms with E-state index in [4.69, 9.17) is 19.1 Å². The molecule has 49 heavy (non-hydrogen) atoms. The molecule has 3 N–H and O–H groups in total. The van der Waals surface area contributed by atoms with Gasteiger partial charge in [-0.1, -0.05) is 141 Å². The van der Waals surface area contributed by atoms with Crippen LogP contribution in [-0.4, -0.2) is 65.7 Å². The van der Waals surface area contributed by atoms with Gasteiger partial charge in [0.15, 0.2) is 6.10 Å². The van der Waals surface area contributed by atoms with Crippen LogP contribution in [0.15, 0.2) is 24.3 Å². The van der Waals surface area contributed by atoms with Gasteiger partial charge in [-0.05, 0) is 38.5 Å². The summed E-state index contributed by atoms with van der Waals surface area (Å²) in [7, 11) is -4.62. The summed E-state index contributed by atoms with van der Waals surface area (Å²) in [6.07, 6.45) is 31.7. The molecule has 0 heterocycles. The maximum Gasteiger partial charge on any atom is 0.472 e. The summed E-state index contributed by atoms with van der Waals surface area (Å²) in [5.74, 6) is -0.979. The molecular formula is C38H71O10P. The van der Waals surface area contributed by atoms with Crippen LogP contribution < -0.4 is 0 Å². The third-order valence-electron chi connectivity index (χ3n) is 8.11. The zero-order valence-corrected chi connectivity index (χ0v) is 31.8. The number of carbonyl (C=O) groups excluding carboxylic acids is 2. The molecule has 288 valence electrons. The van der Waals surface area contributed by atoms with Crippen molar-refractivity contribution in [2.24, 2.45) is 0 Å². The Bertz CT molecular complexity index is 879. The van der Waals surface area contributed by atoms with Crippen LogP contribution in [0.5, 0.6) is 0 Å². The summed E-state index contributed by atoms with van der Waals surface area (Å²) < 4.78 is 32.5. The lowest BCUT2D eigenvalue weighted by Crippen LogP contribution is -2.29. The SMILES string of the molecule is CCCCCCCCCCC/C=C/C/C=C/CCCC(=O)O[C@H](COC(=O)CCCCCCCCCCC)COP(=O)(O)OC[C@@H](O)CO. The highest BCUT2D eigenvalue weighted by atomic mass is 31.2. The Hall–Kier alpha value is -1.55. The highest BCUT2D eigenvalue weighted by molar-refractivity contribution is 7.47. The van der Waals surface area contributed by atoms with Gasteiger partial charge in [0.1, 0.15) is 12.7 Å². The number of phosphoric ester groups is 1. The number of hydrogen-bond donors (Lipinski definition) is 3. The Morgan fingerprint density at radius 2 is 1.08 bits per heavy atom. The maximum absolute atomic E-state index is 12.5. The Labute approximate surface area is 298 Å². The molecular weight excluding hydrogens is 647 g/mol. The van der Waals surface area contributed by atoms with Crippen LogP contribution >= 0.6 is 7.82 Å². The van der Waals surface area contributed by atoms with Gasteiger partial charge in [0.2, 0.25) is 0 Å². The average molecular weight is 719 g/mol. The van der Waals surface area contributed by atoms with E-state index in [0.29, 0.717) is 19.3 Å².